The topological polar surface area (TPSA) is 78.9 Å². The van der Waals surface area contributed by atoms with E-state index in [4.69, 9.17) is 5.11 Å². The molecule has 1 unspecified atom stereocenters. The second-order valence-corrected chi connectivity index (χ2v) is 6.44. The molecule has 2 aromatic carbocycles. The van der Waals surface area contributed by atoms with E-state index in [1.54, 1.807) is 29.2 Å². The number of alkyl halides is 2. The summed E-state index contributed by atoms with van der Waals surface area (Å²) < 4.78 is 28.8. The predicted molar refractivity (Wildman–Crippen MR) is 98.7 cm³/mol. The molecule has 148 valence electrons. The Morgan fingerprint density at radius 3 is 2.46 bits per heavy atom. The summed E-state index contributed by atoms with van der Waals surface area (Å²) >= 11 is 0. The Balaban J connectivity index is 1.61. The number of aromatic carboxylic acids is 1. The van der Waals surface area contributed by atoms with Crippen LogP contribution in [0.4, 0.5) is 14.5 Å². The molecule has 2 aromatic rings. The van der Waals surface area contributed by atoms with Crippen LogP contribution in [-0.2, 0) is 11.3 Å². The molecular formula is C20H20F2N2O4. The lowest BCUT2D eigenvalue weighted by Gasteiger charge is -2.33. The summed E-state index contributed by atoms with van der Waals surface area (Å²) in [6.45, 7) is -1.90. The van der Waals surface area contributed by atoms with Gasteiger partial charge in [-0.25, -0.2) is 4.79 Å². The second kappa shape index (κ2) is 8.79. The Kier molecular flexibility index (Phi) is 6.20. The molecule has 6 nitrogen and oxygen atoms in total. The maximum Gasteiger partial charge on any atom is 0.387 e. The molecule has 0 radical (unpaired) electrons. The molecule has 0 saturated carbocycles. The Labute approximate surface area is 160 Å². The number of nitrogens with one attached hydrogen (secondary N) is 1. The number of benzene rings is 2. The van der Waals surface area contributed by atoms with Crippen LogP contribution in [0.25, 0.3) is 0 Å². The van der Waals surface area contributed by atoms with Crippen LogP contribution in [0.1, 0.15) is 28.8 Å². The van der Waals surface area contributed by atoms with E-state index >= 15 is 0 Å². The zero-order valence-electron chi connectivity index (χ0n) is 15.0. The highest BCUT2D eigenvalue weighted by Gasteiger charge is 2.29. The van der Waals surface area contributed by atoms with Gasteiger partial charge in [-0.15, -0.1) is 0 Å². The Bertz CT molecular complexity index is 825. The van der Waals surface area contributed by atoms with Gasteiger partial charge in [0.2, 0.25) is 5.91 Å². The van der Waals surface area contributed by atoms with Gasteiger partial charge in [0.05, 0.1) is 11.6 Å². The molecule has 3 rings (SSSR count). The molecule has 28 heavy (non-hydrogen) atoms. The summed E-state index contributed by atoms with van der Waals surface area (Å²) in [4.78, 5) is 25.3. The third-order valence-electron chi connectivity index (χ3n) is 4.57. The molecule has 2 N–H and O–H groups in total. The highest BCUT2D eigenvalue weighted by atomic mass is 19.3. The first-order chi connectivity index (χ1) is 13.4. The molecule has 1 heterocycles. The number of anilines is 1. The normalized spacial score (nSPS) is 17.0. The first-order valence-electron chi connectivity index (χ1n) is 8.86. The van der Waals surface area contributed by atoms with Crippen molar-refractivity contribution in [2.24, 2.45) is 0 Å². The minimum absolute atomic E-state index is 0.0442. The van der Waals surface area contributed by atoms with Gasteiger partial charge in [-0.3, -0.25) is 4.79 Å². The van der Waals surface area contributed by atoms with Crippen LogP contribution in [0.15, 0.2) is 48.5 Å². The smallest absolute Gasteiger partial charge is 0.387 e. The van der Waals surface area contributed by atoms with Gasteiger partial charge in [0.1, 0.15) is 5.75 Å². The van der Waals surface area contributed by atoms with E-state index in [0.29, 0.717) is 25.2 Å². The summed E-state index contributed by atoms with van der Waals surface area (Å²) in [6.07, 6.45) is 1.49. The zero-order valence-corrected chi connectivity index (χ0v) is 15.0. The predicted octanol–water partition coefficient (Wildman–Crippen LogP) is 3.27. The SMILES string of the molecule is O=C(O)c1ccc(CNC2CCCN(c3ccc(OC(F)F)cc3)C2=O)cc1. The summed E-state index contributed by atoms with van der Waals surface area (Å²) in [6, 6.07) is 12.1. The molecule has 0 bridgehead atoms. The van der Waals surface area contributed by atoms with E-state index in [1.807, 2.05) is 0 Å². The molecule has 1 atom stereocenters. The van der Waals surface area contributed by atoms with Crippen molar-refractivity contribution in [2.45, 2.75) is 32.0 Å². The van der Waals surface area contributed by atoms with Crippen molar-refractivity contribution in [1.82, 2.24) is 5.32 Å². The fourth-order valence-electron chi connectivity index (χ4n) is 3.13. The van der Waals surface area contributed by atoms with Crippen LogP contribution in [0.5, 0.6) is 5.75 Å². The zero-order chi connectivity index (χ0) is 20.1. The largest absolute Gasteiger partial charge is 0.478 e. The highest BCUT2D eigenvalue weighted by Crippen LogP contribution is 2.24. The number of hydrogen-bond donors (Lipinski definition) is 2. The van der Waals surface area contributed by atoms with Crippen LogP contribution >= 0.6 is 0 Å². The lowest BCUT2D eigenvalue weighted by Crippen LogP contribution is -2.50. The fraction of sp³-hybridized carbons (Fsp3) is 0.300. The molecule has 1 saturated heterocycles. The third kappa shape index (κ3) is 4.83. The number of amides is 1. The number of carboxylic acid groups (broad SMARTS) is 1. The second-order valence-electron chi connectivity index (χ2n) is 6.44. The molecule has 0 aliphatic carbocycles. The first kappa shape index (κ1) is 19.8. The van der Waals surface area contributed by atoms with Crippen LogP contribution in [0.3, 0.4) is 0 Å². The van der Waals surface area contributed by atoms with Crippen LogP contribution in [0.2, 0.25) is 0 Å². The average molecular weight is 390 g/mol. The number of ether oxygens (including phenoxy) is 1. The Morgan fingerprint density at radius 2 is 1.86 bits per heavy atom. The van der Waals surface area contributed by atoms with Gasteiger partial charge in [-0.05, 0) is 54.8 Å². The van der Waals surface area contributed by atoms with E-state index in [-0.39, 0.29) is 23.3 Å². The molecule has 1 amide bonds. The number of halogens is 2. The fourth-order valence-corrected chi connectivity index (χ4v) is 3.13. The molecule has 8 heteroatoms. The van der Waals surface area contributed by atoms with Gasteiger partial charge < -0.3 is 20.1 Å². The minimum Gasteiger partial charge on any atom is -0.478 e. The van der Waals surface area contributed by atoms with Gasteiger partial charge in [-0.1, -0.05) is 12.1 Å². The summed E-state index contributed by atoms with van der Waals surface area (Å²) in [5.41, 5.74) is 1.72. The number of carboxylic acids is 1. The van der Waals surface area contributed by atoms with Crippen molar-refractivity contribution < 1.29 is 28.2 Å². The molecule has 1 aliphatic heterocycles. The Morgan fingerprint density at radius 1 is 1.18 bits per heavy atom. The van der Waals surface area contributed by atoms with Crippen molar-refractivity contribution in [2.75, 3.05) is 11.4 Å². The quantitative estimate of drug-likeness (QED) is 0.759. The minimum atomic E-state index is -2.89. The van der Waals surface area contributed by atoms with Crippen LogP contribution in [0, 0.1) is 0 Å². The number of rotatable bonds is 7. The number of carbonyl (C=O) groups is 2. The summed E-state index contributed by atoms with van der Waals surface area (Å²) in [5.74, 6) is -1.03. The standard InChI is InChI=1S/C20H20F2N2O4/c21-20(22)28-16-9-7-15(8-10-16)24-11-1-2-17(18(24)25)23-12-13-3-5-14(6-4-13)19(26)27/h3-10,17,20,23H,1-2,11-12H2,(H,26,27). The molecule has 0 spiro atoms. The number of carbonyl (C=O) groups excluding carboxylic acids is 1. The van der Waals surface area contributed by atoms with Gasteiger partial charge in [0.15, 0.2) is 0 Å². The Hall–Kier alpha value is -3.00. The van der Waals surface area contributed by atoms with E-state index < -0.39 is 12.6 Å². The van der Waals surface area contributed by atoms with Gasteiger partial charge in [-0.2, -0.15) is 8.78 Å². The number of nitrogens with zero attached hydrogens (tertiary/aromatic N) is 1. The summed E-state index contributed by atoms with van der Waals surface area (Å²) in [5, 5.41) is 12.1. The van der Waals surface area contributed by atoms with Crippen LogP contribution < -0.4 is 15.0 Å². The van der Waals surface area contributed by atoms with Crippen LogP contribution in [-0.4, -0.2) is 36.2 Å². The van der Waals surface area contributed by atoms with Crippen molar-refractivity contribution in [3.63, 3.8) is 0 Å². The maximum atomic E-state index is 12.8. The maximum absolute atomic E-state index is 12.8. The van der Waals surface area contributed by atoms with Crippen molar-refractivity contribution >= 4 is 17.6 Å². The monoisotopic (exact) mass is 390 g/mol. The molecule has 1 aliphatic rings. The van der Waals surface area contributed by atoms with Gasteiger partial charge in [0, 0.05) is 18.8 Å². The highest BCUT2D eigenvalue weighted by molar-refractivity contribution is 5.98. The van der Waals surface area contributed by atoms with E-state index in [9.17, 15) is 18.4 Å². The van der Waals surface area contributed by atoms with Gasteiger partial charge >= 0.3 is 12.6 Å². The first-order valence-corrected chi connectivity index (χ1v) is 8.86. The van der Waals surface area contributed by atoms with Crippen molar-refractivity contribution in [3.8, 4) is 5.75 Å². The van der Waals surface area contributed by atoms with Crippen molar-refractivity contribution in [3.05, 3.63) is 59.7 Å². The lowest BCUT2D eigenvalue weighted by atomic mass is 10.0. The van der Waals surface area contributed by atoms with Crippen molar-refractivity contribution in [1.29, 1.82) is 0 Å². The van der Waals surface area contributed by atoms with E-state index in [0.717, 1.165) is 12.0 Å². The lowest BCUT2D eigenvalue weighted by molar-refractivity contribution is -0.121. The number of hydrogen-bond acceptors (Lipinski definition) is 4. The molecule has 1 fully saturated rings. The van der Waals surface area contributed by atoms with Gasteiger partial charge in [0.25, 0.3) is 0 Å². The third-order valence-corrected chi connectivity index (χ3v) is 4.57. The summed E-state index contributed by atoms with van der Waals surface area (Å²) in [7, 11) is 0. The molecular weight excluding hydrogens is 370 g/mol. The molecule has 0 aromatic heterocycles. The van der Waals surface area contributed by atoms with E-state index in [1.165, 1.54) is 24.3 Å². The average Bonchev–Trinajstić information content (AvgIpc) is 2.68. The number of piperidine rings is 1. The van der Waals surface area contributed by atoms with E-state index in [2.05, 4.69) is 10.1 Å².